The van der Waals surface area contributed by atoms with Crippen LogP contribution in [0.15, 0.2) is 24.3 Å². The fourth-order valence-electron chi connectivity index (χ4n) is 1.28. The van der Waals surface area contributed by atoms with Crippen molar-refractivity contribution in [3.05, 3.63) is 35.4 Å². The summed E-state index contributed by atoms with van der Waals surface area (Å²) in [5.74, 6) is -1.06. The molecule has 0 saturated heterocycles. The Morgan fingerprint density at radius 1 is 1.31 bits per heavy atom. The number of carboxylic acids is 1. The van der Waals surface area contributed by atoms with Crippen molar-refractivity contribution in [2.24, 2.45) is 0 Å². The first kappa shape index (κ1) is 12.9. The van der Waals surface area contributed by atoms with Crippen molar-refractivity contribution < 1.29 is 23.5 Å². The fourth-order valence-corrected chi connectivity index (χ4v) is 2.38. The van der Waals surface area contributed by atoms with Crippen LogP contribution in [0.4, 0.5) is 0 Å². The molecule has 0 aromatic heterocycles. The van der Waals surface area contributed by atoms with E-state index in [9.17, 15) is 9.36 Å². The molecule has 88 valence electrons. The minimum absolute atomic E-state index is 0.0531. The summed E-state index contributed by atoms with van der Waals surface area (Å²) in [6.45, 7) is 0. The van der Waals surface area contributed by atoms with E-state index in [0.717, 1.165) is 0 Å². The summed E-state index contributed by atoms with van der Waals surface area (Å²) in [4.78, 5) is 10.9. The van der Waals surface area contributed by atoms with Gasteiger partial charge in [-0.15, -0.1) is 0 Å². The fraction of sp³-hybridized carbons (Fsp3) is 0.300. The van der Waals surface area contributed by atoms with Gasteiger partial charge < -0.3 is 14.2 Å². The second-order valence-electron chi connectivity index (χ2n) is 3.10. The molecular weight excluding hydrogens is 231 g/mol. The molecule has 0 spiro atoms. The summed E-state index contributed by atoms with van der Waals surface area (Å²) in [5, 5.41) is 8.94. The molecule has 0 aliphatic rings. The molecule has 0 aliphatic carbocycles. The molecule has 0 aliphatic heterocycles. The van der Waals surface area contributed by atoms with Gasteiger partial charge in [0, 0.05) is 14.2 Å². The molecule has 5 nitrogen and oxygen atoms in total. The van der Waals surface area contributed by atoms with E-state index in [4.69, 9.17) is 14.2 Å². The van der Waals surface area contributed by atoms with Gasteiger partial charge in [0.1, 0.15) is 0 Å². The Labute approximate surface area is 93.5 Å². The molecule has 0 bridgehead atoms. The number of hydrogen-bond donors (Lipinski definition) is 1. The quantitative estimate of drug-likeness (QED) is 0.805. The third kappa shape index (κ3) is 2.92. The lowest BCUT2D eigenvalue weighted by Crippen LogP contribution is -2.03. The summed E-state index contributed by atoms with van der Waals surface area (Å²) in [6, 6.07) is 6.33. The van der Waals surface area contributed by atoms with E-state index < -0.39 is 13.6 Å². The van der Waals surface area contributed by atoms with E-state index in [1.807, 2.05) is 0 Å². The summed E-state index contributed by atoms with van der Waals surface area (Å²) in [7, 11) is -0.690. The normalized spacial score (nSPS) is 11.4. The Balaban J connectivity index is 3.06. The molecule has 6 heteroatoms. The minimum atomic E-state index is -3.23. The van der Waals surface area contributed by atoms with Crippen LogP contribution in [0.3, 0.4) is 0 Å². The van der Waals surface area contributed by atoms with E-state index in [1.54, 1.807) is 18.2 Å². The van der Waals surface area contributed by atoms with Gasteiger partial charge in [-0.05, 0) is 11.6 Å². The van der Waals surface area contributed by atoms with Crippen molar-refractivity contribution in [1.82, 2.24) is 0 Å². The van der Waals surface area contributed by atoms with Crippen molar-refractivity contribution in [2.45, 2.75) is 6.16 Å². The topological polar surface area (TPSA) is 72.8 Å². The van der Waals surface area contributed by atoms with Crippen LogP contribution in [0, 0.1) is 0 Å². The first-order valence-electron chi connectivity index (χ1n) is 4.54. The number of benzene rings is 1. The Bertz CT molecular complexity index is 421. The van der Waals surface area contributed by atoms with Gasteiger partial charge in [0.15, 0.2) is 0 Å². The molecule has 0 fully saturated rings. The van der Waals surface area contributed by atoms with E-state index in [2.05, 4.69) is 0 Å². The maximum Gasteiger partial charge on any atom is 0.335 e. The van der Waals surface area contributed by atoms with Crippen LogP contribution in [0.5, 0.6) is 0 Å². The zero-order chi connectivity index (χ0) is 12.2. The Morgan fingerprint density at radius 3 is 2.38 bits per heavy atom. The van der Waals surface area contributed by atoms with Crippen LogP contribution in [0.2, 0.25) is 0 Å². The summed E-state index contributed by atoms with van der Waals surface area (Å²) < 4.78 is 21.4. The van der Waals surface area contributed by atoms with Crippen LogP contribution >= 0.6 is 7.60 Å². The molecular formula is C10H13O5P. The van der Waals surface area contributed by atoms with Crippen molar-refractivity contribution in [1.29, 1.82) is 0 Å². The van der Waals surface area contributed by atoms with Gasteiger partial charge >= 0.3 is 13.6 Å². The number of carbonyl (C=O) groups is 1. The molecule has 1 aromatic carbocycles. The van der Waals surface area contributed by atoms with Gasteiger partial charge in [0.25, 0.3) is 0 Å². The van der Waals surface area contributed by atoms with Gasteiger partial charge in [0.05, 0.1) is 11.7 Å². The largest absolute Gasteiger partial charge is 0.478 e. The Hall–Kier alpha value is -1.16. The first-order chi connectivity index (χ1) is 7.52. The molecule has 1 rings (SSSR count). The van der Waals surface area contributed by atoms with E-state index in [-0.39, 0.29) is 11.7 Å². The number of carboxylic acid groups (broad SMARTS) is 1. The minimum Gasteiger partial charge on any atom is -0.478 e. The summed E-state index contributed by atoms with van der Waals surface area (Å²) in [5.41, 5.74) is 0.541. The molecule has 0 atom stereocenters. The average Bonchev–Trinajstić information content (AvgIpc) is 2.29. The number of hydrogen-bond acceptors (Lipinski definition) is 4. The standard InChI is InChI=1S/C10H13O5P/c1-14-16(13,15-2)7-8-5-3-4-6-9(8)10(11)12/h3-6H,7H2,1-2H3,(H,11,12). The lowest BCUT2D eigenvalue weighted by molar-refractivity contribution is 0.0696. The highest BCUT2D eigenvalue weighted by molar-refractivity contribution is 7.52. The molecule has 0 unspecified atom stereocenters. The number of aromatic carboxylic acids is 1. The summed E-state index contributed by atoms with van der Waals surface area (Å²) in [6.07, 6.45) is -0.0531. The van der Waals surface area contributed by atoms with E-state index in [0.29, 0.717) is 5.56 Å². The highest BCUT2D eigenvalue weighted by atomic mass is 31.2. The van der Waals surface area contributed by atoms with Crippen LogP contribution in [-0.4, -0.2) is 25.3 Å². The zero-order valence-corrected chi connectivity index (χ0v) is 9.94. The molecule has 1 N–H and O–H groups in total. The van der Waals surface area contributed by atoms with Crippen LogP contribution in [0.1, 0.15) is 15.9 Å². The van der Waals surface area contributed by atoms with Gasteiger partial charge in [-0.2, -0.15) is 0 Å². The lowest BCUT2D eigenvalue weighted by Gasteiger charge is -2.14. The monoisotopic (exact) mass is 244 g/mol. The second-order valence-corrected chi connectivity index (χ2v) is 5.36. The number of rotatable bonds is 5. The third-order valence-electron chi connectivity index (χ3n) is 2.17. The molecule has 0 amide bonds. The van der Waals surface area contributed by atoms with Crippen molar-refractivity contribution in [3.63, 3.8) is 0 Å². The van der Waals surface area contributed by atoms with Crippen molar-refractivity contribution in [3.8, 4) is 0 Å². The first-order valence-corrected chi connectivity index (χ1v) is 6.27. The second kappa shape index (κ2) is 5.25. The molecule has 0 saturated carbocycles. The SMILES string of the molecule is COP(=O)(Cc1ccccc1C(=O)O)OC. The molecule has 0 heterocycles. The van der Waals surface area contributed by atoms with Gasteiger partial charge in [-0.3, -0.25) is 4.57 Å². The smallest absolute Gasteiger partial charge is 0.335 e. The van der Waals surface area contributed by atoms with Crippen LogP contribution in [-0.2, 0) is 19.8 Å². The van der Waals surface area contributed by atoms with Gasteiger partial charge in [0.2, 0.25) is 0 Å². The maximum atomic E-state index is 11.9. The Kier molecular flexibility index (Phi) is 4.24. The third-order valence-corrected chi connectivity index (χ3v) is 4.01. The maximum absolute atomic E-state index is 11.9. The predicted molar refractivity (Wildman–Crippen MR) is 58.7 cm³/mol. The average molecular weight is 244 g/mol. The van der Waals surface area contributed by atoms with Crippen LogP contribution < -0.4 is 0 Å². The molecule has 16 heavy (non-hydrogen) atoms. The zero-order valence-electron chi connectivity index (χ0n) is 9.04. The van der Waals surface area contributed by atoms with Crippen molar-refractivity contribution >= 4 is 13.6 Å². The Morgan fingerprint density at radius 2 is 1.88 bits per heavy atom. The summed E-state index contributed by atoms with van der Waals surface area (Å²) >= 11 is 0. The van der Waals surface area contributed by atoms with E-state index >= 15 is 0 Å². The molecule has 0 radical (unpaired) electrons. The predicted octanol–water partition coefficient (Wildman–Crippen LogP) is 2.37. The highest BCUT2D eigenvalue weighted by Crippen LogP contribution is 2.50. The lowest BCUT2D eigenvalue weighted by atomic mass is 10.1. The van der Waals surface area contributed by atoms with Crippen LogP contribution in [0.25, 0.3) is 0 Å². The van der Waals surface area contributed by atoms with Crippen molar-refractivity contribution in [2.75, 3.05) is 14.2 Å². The molecule has 1 aromatic rings. The van der Waals surface area contributed by atoms with Gasteiger partial charge in [-0.25, -0.2) is 4.79 Å². The van der Waals surface area contributed by atoms with E-state index in [1.165, 1.54) is 20.3 Å². The van der Waals surface area contributed by atoms with Gasteiger partial charge in [-0.1, -0.05) is 18.2 Å². The highest BCUT2D eigenvalue weighted by Gasteiger charge is 2.24.